The summed E-state index contributed by atoms with van der Waals surface area (Å²) in [5.41, 5.74) is 3.77. The quantitative estimate of drug-likeness (QED) is 0.900. The van der Waals surface area contributed by atoms with Crippen LogP contribution in [0, 0.1) is 6.92 Å². The standard InChI is InChI=1S/C15H20N2S/c1-10(2)14-13(9-16-4)18-15(17-14)12-8-6-5-7-11(12)3/h5-8,10,16H,9H2,1-4H3. The average Bonchev–Trinajstić information content (AvgIpc) is 2.74. The average molecular weight is 260 g/mol. The van der Waals surface area contributed by atoms with Crippen LogP contribution in [0.1, 0.15) is 35.9 Å². The number of aromatic nitrogens is 1. The highest BCUT2D eigenvalue weighted by atomic mass is 32.1. The van der Waals surface area contributed by atoms with Crippen LogP contribution in [-0.2, 0) is 6.54 Å². The Balaban J connectivity index is 2.47. The van der Waals surface area contributed by atoms with Crippen molar-refractivity contribution in [3.63, 3.8) is 0 Å². The number of nitrogens with one attached hydrogen (secondary N) is 1. The van der Waals surface area contributed by atoms with Crippen molar-refractivity contribution in [3.05, 3.63) is 40.4 Å². The van der Waals surface area contributed by atoms with Gasteiger partial charge in [0.25, 0.3) is 0 Å². The normalized spacial score (nSPS) is 11.2. The van der Waals surface area contributed by atoms with Gasteiger partial charge in [-0.2, -0.15) is 0 Å². The van der Waals surface area contributed by atoms with Gasteiger partial charge in [0.2, 0.25) is 0 Å². The molecule has 1 aromatic carbocycles. The Kier molecular flexibility index (Phi) is 4.15. The predicted octanol–water partition coefficient (Wildman–Crippen LogP) is 3.96. The summed E-state index contributed by atoms with van der Waals surface area (Å²) in [6.45, 7) is 7.45. The molecule has 0 aliphatic carbocycles. The van der Waals surface area contributed by atoms with Crippen LogP contribution in [0.25, 0.3) is 10.6 Å². The van der Waals surface area contributed by atoms with Crippen LogP contribution in [0.3, 0.4) is 0 Å². The van der Waals surface area contributed by atoms with Crippen molar-refractivity contribution >= 4 is 11.3 Å². The Morgan fingerprint density at radius 1 is 1.28 bits per heavy atom. The van der Waals surface area contributed by atoms with E-state index in [0.29, 0.717) is 5.92 Å². The lowest BCUT2D eigenvalue weighted by Crippen LogP contribution is -2.06. The molecule has 0 atom stereocenters. The van der Waals surface area contributed by atoms with Gasteiger partial charge in [-0.3, -0.25) is 0 Å². The van der Waals surface area contributed by atoms with Gasteiger partial charge >= 0.3 is 0 Å². The van der Waals surface area contributed by atoms with Crippen LogP contribution < -0.4 is 5.32 Å². The molecule has 96 valence electrons. The first-order valence-electron chi connectivity index (χ1n) is 6.33. The van der Waals surface area contributed by atoms with Crippen molar-refractivity contribution in [1.29, 1.82) is 0 Å². The second kappa shape index (κ2) is 5.63. The van der Waals surface area contributed by atoms with Crippen LogP contribution in [-0.4, -0.2) is 12.0 Å². The van der Waals surface area contributed by atoms with E-state index in [9.17, 15) is 0 Å². The van der Waals surface area contributed by atoms with Crippen molar-refractivity contribution in [2.75, 3.05) is 7.05 Å². The topological polar surface area (TPSA) is 24.9 Å². The van der Waals surface area contributed by atoms with E-state index < -0.39 is 0 Å². The van der Waals surface area contributed by atoms with Crippen LogP contribution in [0.15, 0.2) is 24.3 Å². The molecule has 1 N–H and O–H groups in total. The highest BCUT2D eigenvalue weighted by molar-refractivity contribution is 7.15. The number of hydrogen-bond acceptors (Lipinski definition) is 3. The summed E-state index contributed by atoms with van der Waals surface area (Å²) < 4.78 is 0. The lowest BCUT2D eigenvalue weighted by molar-refractivity contribution is 0.771. The Hall–Kier alpha value is -1.19. The maximum Gasteiger partial charge on any atom is 0.124 e. The number of thiazole rings is 1. The van der Waals surface area contributed by atoms with E-state index in [1.54, 1.807) is 11.3 Å². The molecule has 0 unspecified atom stereocenters. The fourth-order valence-corrected chi connectivity index (χ4v) is 3.35. The predicted molar refractivity (Wildman–Crippen MR) is 79.1 cm³/mol. The van der Waals surface area contributed by atoms with Gasteiger partial charge in [-0.15, -0.1) is 11.3 Å². The summed E-state index contributed by atoms with van der Waals surface area (Å²) in [6, 6.07) is 8.45. The Morgan fingerprint density at radius 2 is 2.00 bits per heavy atom. The van der Waals surface area contributed by atoms with Crippen LogP contribution in [0.4, 0.5) is 0 Å². The third-order valence-corrected chi connectivity index (χ3v) is 4.09. The van der Waals surface area contributed by atoms with Crippen molar-refractivity contribution < 1.29 is 0 Å². The molecular weight excluding hydrogens is 240 g/mol. The molecule has 0 aliphatic rings. The van der Waals surface area contributed by atoms with Crippen molar-refractivity contribution in [2.24, 2.45) is 0 Å². The van der Waals surface area contributed by atoms with Gasteiger partial charge in [0.15, 0.2) is 0 Å². The minimum Gasteiger partial charge on any atom is -0.315 e. The van der Waals surface area contributed by atoms with Gasteiger partial charge in [0.1, 0.15) is 5.01 Å². The smallest absolute Gasteiger partial charge is 0.124 e. The van der Waals surface area contributed by atoms with Crippen LogP contribution >= 0.6 is 11.3 Å². The van der Waals surface area contributed by atoms with Gasteiger partial charge in [-0.1, -0.05) is 38.1 Å². The van der Waals surface area contributed by atoms with Gasteiger partial charge < -0.3 is 5.32 Å². The molecular formula is C15H20N2S. The monoisotopic (exact) mass is 260 g/mol. The first-order valence-corrected chi connectivity index (χ1v) is 7.15. The third kappa shape index (κ3) is 2.62. The minimum atomic E-state index is 0.474. The Morgan fingerprint density at radius 3 is 2.61 bits per heavy atom. The van der Waals surface area contributed by atoms with Gasteiger partial charge in [-0.05, 0) is 25.5 Å². The second-order valence-electron chi connectivity index (χ2n) is 4.83. The van der Waals surface area contributed by atoms with Gasteiger partial charge in [-0.25, -0.2) is 4.98 Å². The first kappa shape index (κ1) is 13.2. The summed E-state index contributed by atoms with van der Waals surface area (Å²) in [7, 11) is 1.98. The molecule has 2 rings (SSSR count). The molecule has 0 radical (unpaired) electrons. The molecule has 0 saturated carbocycles. The highest BCUT2D eigenvalue weighted by Gasteiger charge is 2.15. The molecule has 1 aromatic heterocycles. The highest BCUT2D eigenvalue weighted by Crippen LogP contribution is 2.33. The molecule has 3 heteroatoms. The number of rotatable bonds is 4. The number of benzene rings is 1. The van der Waals surface area contributed by atoms with Gasteiger partial charge in [0.05, 0.1) is 5.69 Å². The van der Waals surface area contributed by atoms with E-state index in [-0.39, 0.29) is 0 Å². The van der Waals surface area contributed by atoms with Gasteiger partial charge in [0, 0.05) is 17.0 Å². The van der Waals surface area contributed by atoms with Crippen LogP contribution in [0.2, 0.25) is 0 Å². The lowest BCUT2D eigenvalue weighted by atomic mass is 10.1. The summed E-state index contributed by atoms with van der Waals surface area (Å²) in [5.74, 6) is 0.474. The SMILES string of the molecule is CNCc1sc(-c2ccccc2C)nc1C(C)C. The second-order valence-corrected chi connectivity index (χ2v) is 5.91. The zero-order chi connectivity index (χ0) is 13.1. The van der Waals surface area contributed by atoms with E-state index in [2.05, 4.69) is 50.4 Å². The molecule has 2 aromatic rings. The zero-order valence-electron chi connectivity index (χ0n) is 11.4. The van der Waals surface area contributed by atoms with E-state index in [1.807, 2.05) is 7.05 Å². The molecule has 0 fully saturated rings. The van der Waals surface area contributed by atoms with Crippen molar-refractivity contribution in [1.82, 2.24) is 10.3 Å². The van der Waals surface area contributed by atoms with Crippen molar-refractivity contribution in [3.8, 4) is 10.6 Å². The van der Waals surface area contributed by atoms with E-state index in [1.165, 1.54) is 21.7 Å². The molecule has 2 nitrogen and oxygen atoms in total. The molecule has 0 spiro atoms. The fourth-order valence-electron chi connectivity index (χ4n) is 2.03. The van der Waals surface area contributed by atoms with Crippen molar-refractivity contribution in [2.45, 2.75) is 33.2 Å². The summed E-state index contributed by atoms with van der Waals surface area (Å²) in [5, 5.41) is 4.37. The Bertz CT molecular complexity index is 529. The third-order valence-electron chi connectivity index (χ3n) is 2.99. The summed E-state index contributed by atoms with van der Waals surface area (Å²) in [6.07, 6.45) is 0. The molecule has 1 heterocycles. The fraction of sp³-hybridized carbons (Fsp3) is 0.400. The maximum absolute atomic E-state index is 4.84. The van der Waals surface area contributed by atoms with E-state index in [0.717, 1.165) is 11.6 Å². The molecule has 0 amide bonds. The molecule has 0 aliphatic heterocycles. The molecule has 0 bridgehead atoms. The number of hydrogen-bond donors (Lipinski definition) is 1. The minimum absolute atomic E-state index is 0.474. The van der Waals surface area contributed by atoms with E-state index >= 15 is 0 Å². The van der Waals surface area contributed by atoms with E-state index in [4.69, 9.17) is 4.98 Å². The summed E-state index contributed by atoms with van der Waals surface area (Å²) in [4.78, 5) is 6.19. The number of aryl methyl sites for hydroxylation is 1. The lowest BCUT2D eigenvalue weighted by Gasteiger charge is -2.03. The zero-order valence-corrected chi connectivity index (χ0v) is 12.3. The molecule has 18 heavy (non-hydrogen) atoms. The van der Waals surface area contributed by atoms with Crippen LogP contribution in [0.5, 0.6) is 0 Å². The first-order chi connectivity index (χ1) is 8.63. The largest absolute Gasteiger partial charge is 0.315 e. The number of nitrogens with zero attached hydrogens (tertiary/aromatic N) is 1. The molecule has 0 saturated heterocycles. The summed E-state index contributed by atoms with van der Waals surface area (Å²) >= 11 is 1.81. The Labute approximate surface area is 113 Å². The maximum atomic E-state index is 4.84.